The molecule has 98 valence electrons. The zero-order valence-corrected chi connectivity index (χ0v) is 10.1. The molecule has 0 aliphatic heterocycles. The van der Waals surface area contributed by atoms with E-state index in [9.17, 15) is 13.2 Å². The summed E-state index contributed by atoms with van der Waals surface area (Å²) >= 11 is 4.52. The number of nitrogens with one attached hydrogen (secondary N) is 1. The molecular weight excluding hydrogens is 267 g/mol. The van der Waals surface area contributed by atoms with Crippen LogP contribution < -0.4 is 15.9 Å². The van der Waals surface area contributed by atoms with Gasteiger partial charge in [0, 0.05) is 5.56 Å². The van der Waals surface area contributed by atoms with Gasteiger partial charge in [-0.05, 0) is 36.8 Å². The monoisotopic (exact) mass is 277 g/mol. The van der Waals surface area contributed by atoms with Crippen molar-refractivity contribution in [2.24, 2.45) is 10.8 Å². The van der Waals surface area contributed by atoms with Crippen molar-refractivity contribution in [3.63, 3.8) is 0 Å². The number of thiocarbonyl (C=S) groups is 1. The van der Waals surface area contributed by atoms with Crippen LogP contribution in [0.1, 0.15) is 11.1 Å². The second-order valence-electron chi connectivity index (χ2n) is 3.30. The standard InChI is InChI=1S/C10H10F3N3OS/c1-6-2-3-8(17-10(11,12)13)4-7(6)5-15-16-9(14)18/h2-5H,1H3,(H3,14,16,18). The molecule has 4 nitrogen and oxygen atoms in total. The van der Waals surface area contributed by atoms with Gasteiger partial charge in [-0.3, -0.25) is 5.43 Å². The molecule has 18 heavy (non-hydrogen) atoms. The molecule has 0 aliphatic carbocycles. The fourth-order valence-corrected chi connectivity index (χ4v) is 1.17. The Kier molecular flexibility index (Phi) is 4.49. The van der Waals surface area contributed by atoms with Crippen molar-refractivity contribution in [2.45, 2.75) is 13.3 Å². The lowest BCUT2D eigenvalue weighted by molar-refractivity contribution is -0.274. The molecule has 1 rings (SSSR count). The van der Waals surface area contributed by atoms with Crippen molar-refractivity contribution in [3.8, 4) is 5.75 Å². The summed E-state index contributed by atoms with van der Waals surface area (Å²) in [4.78, 5) is 0. The summed E-state index contributed by atoms with van der Waals surface area (Å²) in [6.45, 7) is 1.72. The molecule has 8 heteroatoms. The molecule has 0 atom stereocenters. The van der Waals surface area contributed by atoms with E-state index < -0.39 is 6.36 Å². The van der Waals surface area contributed by atoms with Gasteiger partial charge in [-0.1, -0.05) is 6.07 Å². The molecule has 0 unspecified atom stereocenters. The number of nitrogens with zero attached hydrogens (tertiary/aromatic N) is 1. The Balaban J connectivity index is 2.88. The summed E-state index contributed by atoms with van der Waals surface area (Å²) in [7, 11) is 0. The van der Waals surface area contributed by atoms with Crippen LogP contribution in [-0.4, -0.2) is 17.7 Å². The molecule has 3 N–H and O–H groups in total. The highest BCUT2D eigenvalue weighted by Crippen LogP contribution is 2.24. The number of halogens is 3. The lowest BCUT2D eigenvalue weighted by Crippen LogP contribution is -2.24. The van der Waals surface area contributed by atoms with Gasteiger partial charge in [-0.2, -0.15) is 5.10 Å². The van der Waals surface area contributed by atoms with Crippen molar-refractivity contribution in [1.29, 1.82) is 0 Å². The summed E-state index contributed by atoms with van der Waals surface area (Å²) in [6.07, 6.45) is -3.42. The van der Waals surface area contributed by atoms with E-state index in [4.69, 9.17) is 5.73 Å². The van der Waals surface area contributed by atoms with Crippen LogP contribution in [0.25, 0.3) is 0 Å². The zero-order chi connectivity index (χ0) is 13.8. The molecule has 0 radical (unpaired) electrons. The van der Waals surface area contributed by atoms with Crippen LogP contribution in [0.2, 0.25) is 0 Å². The average Bonchev–Trinajstić information content (AvgIpc) is 2.20. The molecule has 0 spiro atoms. The molecule has 0 saturated carbocycles. The number of aryl methyl sites for hydroxylation is 1. The van der Waals surface area contributed by atoms with E-state index >= 15 is 0 Å². The highest BCUT2D eigenvalue weighted by molar-refractivity contribution is 7.80. The highest BCUT2D eigenvalue weighted by Gasteiger charge is 2.31. The first-order valence-electron chi connectivity index (χ1n) is 4.73. The minimum absolute atomic E-state index is 0.0356. The molecular formula is C10H10F3N3OS. The minimum atomic E-state index is -4.72. The maximum Gasteiger partial charge on any atom is 0.573 e. The molecule has 0 fully saturated rings. The van der Waals surface area contributed by atoms with Crippen LogP contribution in [0.5, 0.6) is 5.75 Å². The summed E-state index contributed by atoms with van der Waals surface area (Å²) in [6, 6.07) is 3.93. The molecule has 1 aromatic rings. The number of hydrazone groups is 1. The Labute approximate surface area is 107 Å². The van der Waals surface area contributed by atoms with Crippen LogP contribution in [-0.2, 0) is 0 Å². The summed E-state index contributed by atoms with van der Waals surface area (Å²) < 4.78 is 39.9. The topological polar surface area (TPSA) is 59.6 Å². The fourth-order valence-electron chi connectivity index (χ4n) is 1.12. The first-order valence-corrected chi connectivity index (χ1v) is 5.13. The number of nitrogens with two attached hydrogens (primary N) is 1. The van der Waals surface area contributed by atoms with Crippen LogP contribution >= 0.6 is 12.2 Å². The first kappa shape index (κ1) is 14.2. The SMILES string of the molecule is Cc1ccc(OC(F)(F)F)cc1C=NNC(N)=S. The third-order valence-corrected chi connectivity index (χ3v) is 1.95. The smallest absolute Gasteiger partial charge is 0.406 e. The third-order valence-electron chi connectivity index (χ3n) is 1.86. The Morgan fingerprint density at radius 3 is 2.72 bits per heavy atom. The maximum atomic E-state index is 12.0. The largest absolute Gasteiger partial charge is 0.573 e. The normalized spacial score (nSPS) is 11.6. The van der Waals surface area contributed by atoms with E-state index in [1.165, 1.54) is 24.4 Å². The van der Waals surface area contributed by atoms with Crippen molar-refractivity contribution in [2.75, 3.05) is 0 Å². The maximum absolute atomic E-state index is 12.0. The third kappa shape index (κ3) is 5.00. The average molecular weight is 277 g/mol. The predicted octanol–water partition coefficient (Wildman–Crippen LogP) is 2.06. The Bertz CT molecular complexity index is 474. The van der Waals surface area contributed by atoms with E-state index in [-0.39, 0.29) is 10.9 Å². The molecule has 1 aromatic carbocycles. The second-order valence-corrected chi connectivity index (χ2v) is 3.74. The van der Waals surface area contributed by atoms with Gasteiger partial charge in [0.1, 0.15) is 5.75 Å². The van der Waals surface area contributed by atoms with Gasteiger partial charge in [0.15, 0.2) is 5.11 Å². The van der Waals surface area contributed by atoms with Gasteiger partial charge in [0.2, 0.25) is 0 Å². The molecule has 0 aliphatic rings. The molecule has 0 bridgehead atoms. The quantitative estimate of drug-likeness (QED) is 0.504. The van der Waals surface area contributed by atoms with Gasteiger partial charge < -0.3 is 10.5 Å². The van der Waals surface area contributed by atoms with Crippen molar-refractivity contribution < 1.29 is 17.9 Å². The van der Waals surface area contributed by atoms with Crippen molar-refractivity contribution in [1.82, 2.24) is 5.43 Å². The van der Waals surface area contributed by atoms with Gasteiger partial charge in [-0.25, -0.2) is 0 Å². The van der Waals surface area contributed by atoms with Crippen LogP contribution in [0.15, 0.2) is 23.3 Å². The van der Waals surface area contributed by atoms with Crippen LogP contribution in [0.3, 0.4) is 0 Å². The van der Waals surface area contributed by atoms with Crippen LogP contribution in [0.4, 0.5) is 13.2 Å². The Morgan fingerprint density at radius 1 is 1.50 bits per heavy atom. The van der Waals surface area contributed by atoms with E-state index in [1.54, 1.807) is 6.92 Å². The summed E-state index contributed by atoms with van der Waals surface area (Å²) in [5, 5.41) is 3.63. The number of hydrogen-bond acceptors (Lipinski definition) is 3. The molecule has 0 amide bonds. The Morgan fingerprint density at radius 2 is 2.17 bits per heavy atom. The van der Waals surface area contributed by atoms with Gasteiger partial charge in [0.25, 0.3) is 0 Å². The second kappa shape index (κ2) is 5.67. The molecule has 0 aromatic heterocycles. The van der Waals surface area contributed by atoms with E-state index in [2.05, 4.69) is 27.5 Å². The van der Waals surface area contributed by atoms with Gasteiger partial charge >= 0.3 is 6.36 Å². The van der Waals surface area contributed by atoms with Gasteiger partial charge in [0.05, 0.1) is 6.21 Å². The highest BCUT2D eigenvalue weighted by atomic mass is 32.1. The number of alkyl halides is 3. The number of benzene rings is 1. The van der Waals surface area contributed by atoms with E-state index in [1.807, 2.05) is 0 Å². The number of hydrogen-bond donors (Lipinski definition) is 2. The van der Waals surface area contributed by atoms with Crippen molar-refractivity contribution >= 4 is 23.5 Å². The Hall–Kier alpha value is -1.83. The minimum Gasteiger partial charge on any atom is -0.406 e. The molecule has 0 saturated heterocycles. The number of ether oxygens (including phenoxy) is 1. The lowest BCUT2D eigenvalue weighted by atomic mass is 10.1. The lowest BCUT2D eigenvalue weighted by Gasteiger charge is -2.10. The van der Waals surface area contributed by atoms with E-state index in [0.717, 1.165) is 5.56 Å². The summed E-state index contributed by atoms with van der Waals surface area (Å²) in [5.74, 6) is -0.315. The van der Waals surface area contributed by atoms with Crippen LogP contribution in [0, 0.1) is 6.92 Å². The predicted molar refractivity (Wildman–Crippen MR) is 65.4 cm³/mol. The summed E-state index contributed by atoms with van der Waals surface area (Å²) in [5.41, 5.74) is 8.64. The zero-order valence-electron chi connectivity index (χ0n) is 9.28. The fraction of sp³-hybridized carbons (Fsp3) is 0.200. The first-order chi connectivity index (χ1) is 8.28. The number of rotatable bonds is 3. The van der Waals surface area contributed by atoms with Gasteiger partial charge in [-0.15, -0.1) is 13.2 Å². The van der Waals surface area contributed by atoms with E-state index in [0.29, 0.717) is 5.56 Å². The molecule has 0 heterocycles. The van der Waals surface area contributed by atoms with Crippen molar-refractivity contribution in [3.05, 3.63) is 29.3 Å².